The summed E-state index contributed by atoms with van der Waals surface area (Å²) in [4.78, 5) is 25.5. The maximum Gasteiger partial charge on any atom is 0.239 e. The third kappa shape index (κ3) is 6.30. The summed E-state index contributed by atoms with van der Waals surface area (Å²) in [6, 6.07) is 17.4. The lowest BCUT2D eigenvalue weighted by molar-refractivity contribution is -0.134. The quantitative estimate of drug-likeness (QED) is 0.803. The number of hydrogen-bond acceptors (Lipinski definition) is 3. The highest BCUT2D eigenvalue weighted by atomic mass is 16.5. The fourth-order valence-electron chi connectivity index (χ4n) is 2.43. The Balaban J connectivity index is 1.81. The molecule has 0 unspecified atom stereocenters. The molecule has 0 atom stereocenters. The molecule has 5 heteroatoms. The van der Waals surface area contributed by atoms with Gasteiger partial charge in [-0.2, -0.15) is 0 Å². The Morgan fingerprint density at radius 1 is 1.00 bits per heavy atom. The standard InChI is InChI=1S/C20H24N2O3/c1-16(23)22(13-12-17-6-4-3-5-7-17)15-20(24)21-14-18-8-10-19(25-2)11-9-18/h3-11H,12-15H2,1-2H3,(H,21,24). The first-order valence-corrected chi connectivity index (χ1v) is 8.27. The Labute approximate surface area is 148 Å². The van der Waals surface area contributed by atoms with Crippen LogP contribution in [0.2, 0.25) is 0 Å². The molecule has 0 aliphatic rings. The Morgan fingerprint density at radius 3 is 2.28 bits per heavy atom. The van der Waals surface area contributed by atoms with Crippen LogP contribution in [-0.4, -0.2) is 36.9 Å². The smallest absolute Gasteiger partial charge is 0.239 e. The van der Waals surface area contributed by atoms with Gasteiger partial charge in [0.05, 0.1) is 13.7 Å². The number of ether oxygens (including phenoxy) is 1. The normalized spacial score (nSPS) is 10.2. The van der Waals surface area contributed by atoms with E-state index in [1.165, 1.54) is 6.92 Å². The highest BCUT2D eigenvalue weighted by Gasteiger charge is 2.13. The molecule has 2 aromatic rings. The van der Waals surface area contributed by atoms with Crippen LogP contribution in [0.1, 0.15) is 18.1 Å². The van der Waals surface area contributed by atoms with E-state index >= 15 is 0 Å². The van der Waals surface area contributed by atoms with E-state index in [4.69, 9.17) is 4.74 Å². The monoisotopic (exact) mass is 340 g/mol. The van der Waals surface area contributed by atoms with Crippen molar-refractivity contribution < 1.29 is 14.3 Å². The molecule has 2 amide bonds. The van der Waals surface area contributed by atoms with E-state index in [0.717, 1.165) is 23.3 Å². The lowest BCUT2D eigenvalue weighted by Gasteiger charge is -2.20. The third-order valence-corrected chi connectivity index (χ3v) is 3.94. The number of carbonyl (C=O) groups excluding carboxylic acids is 2. The lowest BCUT2D eigenvalue weighted by atomic mass is 10.1. The number of carbonyl (C=O) groups is 2. The molecule has 0 aromatic heterocycles. The molecular formula is C20H24N2O3. The first-order chi connectivity index (χ1) is 12.1. The number of nitrogens with zero attached hydrogens (tertiary/aromatic N) is 1. The van der Waals surface area contributed by atoms with E-state index in [1.807, 2.05) is 54.6 Å². The van der Waals surface area contributed by atoms with Crippen LogP contribution >= 0.6 is 0 Å². The van der Waals surface area contributed by atoms with Crippen molar-refractivity contribution in [2.24, 2.45) is 0 Å². The number of benzene rings is 2. The zero-order chi connectivity index (χ0) is 18.1. The molecule has 2 rings (SSSR count). The summed E-state index contributed by atoms with van der Waals surface area (Å²) in [5.41, 5.74) is 2.13. The number of amides is 2. The number of rotatable bonds is 8. The average Bonchev–Trinajstić information content (AvgIpc) is 2.64. The zero-order valence-corrected chi connectivity index (χ0v) is 14.7. The highest BCUT2D eigenvalue weighted by molar-refractivity contribution is 5.83. The van der Waals surface area contributed by atoms with Crippen molar-refractivity contribution >= 4 is 11.8 Å². The molecule has 1 N–H and O–H groups in total. The second-order valence-electron chi connectivity index (χ2n) is 5.80. The molecule has 0 saturated heterocycles. The minimum absolute atomic E-state index is 0.0678. The average molecular weight is 340 g/mol. The maximum atomic E-state index is 12.1. The van der Waals surface area contributed by atoms with Crippen LogP contribution in [0.15, 0.2) is 54.6 Å². The molecule has 0 aliphatic heterocycles. The molecule has 0 bridgehead atoms. The van der Waals surface area contributed by atoms with Crippen LogP contribution in [0.5, 0.6) is 5.75 Å². The Bertz CT molecular complexity index is 684. The van der Waals surface area contributed by atoms with Gasteiger partial charge in [-0.3, -0.25) is 9.59 Å². The topological polar surface area (TPSA) is 58.6 Å². The van der Waals surface area contributed by atoms with Gasteiger partial charge in [0.25, 0.3) is 0 Å². The highest BCUT2D eigenvalue weighted by Crippen LogP contribution is 2.11. The molecule has 0 heterocycles. The summed E-state index contributed by atoms with van der Waals surface area (Å²) in [6.07, 6.45) is 0.728. The van der Waals surface area contributed by atoms with E-state index < -0.39 is 0 Å². The van der Waals surface area contributed by atoms with Crippen LogP contribution in [0.25, 0.3) is 0 Å². The van der Waals surface area contributed by atoms with Crippen LogP contribution in [0.3, 0.4) is 0 Å². The van der Waals surface area contributed by atoms with Gasteiger partial charge in [0.1, 0.15) is 5.75 Å². The summed E-state index contributed by atoms with van der Waals surface area (Å²) in [7, 11) is 1.61. The zero-order valence-electron chi connectivity index (χ0n) is 14.7. The van der Waals surface area contributed by atoms with Crippen molar-refractivity contribution in [3.8, 4) is 5.75 Å². The van der Waals surface area contributed by atoms with Crippen LogP contribution in [0.4, 0.5) is 0 Å². The van der Waals surface area contributed by atoms with Crippen LogP contribution < -0.4 is 10.1 Å². The molecular weight excluding hydrogens is 316 g/mol. The van der Waals surface area contributed by atoms with E-state index in [9.17, 15) is 9.59 Å². The van der Waals surface area contributed by atoms with Crippen molar-refractivity contribution in [1.29, 1.82) is 0 Å². The maximum absolute atomic E-state index is 12.1. The fourth-order valence-corrected chi connectivity index (χ4v) is 2.43. The summed E-state index contributed by atoms with van der Waals surface area (Å²) >= 11 is 0. The largest absolute Gasteiger partial charge is 0.497 e. The van der Waals surface area contributed by atoms with Gasteiger partial charge in [-0.25, -0.2) is 0 Å². The van der Waals surface area contributed by atoms with Gasteiger partial charge in [0.15, 0.2) is 0 Å². The fraction of sp³-hybridized carbons (Fsp3) is 0.300. The van der Waals surface area contributed by atoms with Crippen molar-refractivity contribution in [2.45, 2.75) is 19.9 Å². The second kappa shape index (κ2) is 9.47. The van der Waals surface area contributed by atoms with Crippen molar-refractivity contribution in [3.63, 3.8) is 0 Å². The van der Waals surface area contributed by atoms with Crippen molar-refractivity contribution in [1.82, 2.24) is 10.2 Å². The second-order valence-corrected chi connectivity index (χ2v) is 5.80. The first kappa shape index (κ1) is 18.5. The van der Waals surface area contributed by atoms with Gasteiger partial charge in [0, 0.05) is 20.0 Å². The molecule has 0 aliphatic carbocycles. The molecule has 2 aromatic carbocycles. The third-order valence-electron chi connectivity index (χ3n) is 3.94. The number of nitrogens with one attached hydrogen (secondary N) is 1. The molecule has 0 fully saturated rings. The minimum Gasteiger partial charge on any atom is -0.497 e. The summed E-state index contributed by atoms with van der Waals surface area (Å²) < 4.78 is 5.11. The van der Waals surface area contributed by atoms with E-state index in [0.29, 0.717) is 13.1 Å². The molecule has 0 radical (unpaired) electrons. The Kier molecular flexibility index (Phi) is 7.01. The predicted octanol–water partition coefficient (Wildman–Crippen LogP) is 2.40. The SMILES string of the molecule is COc1ccc(CNC(=O)CN(CCc2ccccc2)C(C)=O)cc1. The van der Waals surface area contributed by atoms with E-state index in [2.05, 4.69) is 5.32 Å². The van der Waals surface area contributed by atoms with Gasteiger partial charge in [-0.1, -0.05) is 42.5 Å². The molecule has 0 saturated carbocycles. The first-order valence-electron chi connectivity index (χ1n) is 8.27. The molecule has 0 spiro atoms. The minimum atomic E-state index is -0.168. The van der Waals surface area contributed by atoms with E-state index in [1.54, 1.807) is 12.0 Å². The summed E-state index contributed by atoms with van der Waals surface area (Å²) in [5, 5.41) is 2.85. The summed E-state index contributed by atoms with van der Waals surface area (Å²) in [5.74, 6) is 0.508. The Hall–Kier alpha value is -2.82. The molecule has 25 heavy (non-hydrogen) atoms. The lowest BCUT2D eigenvalue weighted by Crippen LogP contribution is -2.40. The van der Waals surface area contributed by atoms with Crippen LogP contribution in [-0.2, 0) is 22.6 Å². The summed E-state index contributed by atoms with van der Waals surface area (Å²) in [6.45, 7) is 2.50. The number of methoxy groups -OCH3 is 1. The van der Waals surface area contributed by atoms with Crippen LogP contribution in [0, 0.1) is 0 Å². The Morgan fingerprint density at radius 2 is 1.68 bits per heavy atom. The van der Waals surface area contributed by atoms with Gasteiger partial charge in [-0.05, 0) is 29.7 Å². The van der Waals surface area contributed by atoms with Gasteiger partial charge in [0.2, 0.25) is 11.8 Å². The van der Waals surface area contributed by atoms with Crippen molar-refractivity contribution in [3.05, 3.63) is 65.7 Å². The van der Waals surface area contributed by atoms with E-state index in [-0.39, 0.29) is 18.4 Å². The molecule has 5 nitrogen and oxygen atoms in total. The molecule has 132 valence electrons. The number of hydrogen-bond donors (Lipinski definition) is 1. The van der Waals surface area contributed by atoms with Gasteiger partial charge in [-0.15, -0.1) is 0 Å². The van der Waals surface area contributed by atoms with Gasteiger partial charge < -0.3 is 15.0 Å². The predicted molar refractivity (Wildman–Crippen MR) is 97.2 cm³/mol. The van der Waals surface area contributed by atoms with Crippen molar-refractivity contribution in [2.75, 3.05) is 20.2 Å². The van der Waals surface area contributed by atoms with Gasteiger partial charge >= 0.3 is 0 Å².